The Balaban J connectivity index is 2.01. The highest BCUT2D eigenvalue weighted by molar-refractivity contribution is 7.99. The average Bonchev–Trinajstić information content (AvgIpc) is 2.92. The highest BCUT2D eigenvalue weighted by Gasteiger charge is 2.31. The van der Waals surface area contributed by atoms with Crippen LogP contribution in [0.15, 0.2) is 23.5 Å². The van der Waals surface area contributed by atoms with Crippen LogP contribution in [0.5, 0.6) is 0 Å². The molecule has 0 aliphatic carbocycles. The number of likely N-dealkylation sites (N-methyl/N-ethyl adjacent to an activating group) is 1. The molecule has 2 rings (SSSR count). The van der Waals surface area contributed by atoms with Crippen LogP contribution >= 0.6 is 11.8 Å². The van der Waals surface area contributed by atoms with Crippen LogP contribution in [0.3, 0.4) is 0 Å². The normalized spacial score (nSPS) is 12.3. The molecule has 0 fully saturated rings. The second kappa shape index (κ2) is 7.75. The van der Waals surface area contributed by atoms with E-state index in [-0.39, 0.29) is 34.9 Å². The minimum absolute atomic E-state index is 0.0870. The molecule has 2 aromatic heterocycles. The lowest BCUT2D eigenvalue weighted by atomic mass is 10.1. The lowest BCUT2D eigenvalue weighted by Crippen LogP contribution is -2.46. The van der Waals surface area contributed by atoms with Crippen LogP contribution in [0.1, 0.15) is 26.3 Å². The van der Waals surface area contributed by atoms with Crippen LogP contribution in [0.4, 0.5) is 13.2 Å². The number of hydrogen-bond acceptors (Lipinski definition) is 5. The molecule has 0 aliphatic rings. The SMILES string of the molecule is CN(CC(=O)NC(C)(C)C)C(=O)CSc1nnc2ccc(C(F)(F)F)cn12. The smallest absolute Gasteiger partial charge is 0.350 e. The average molecular weight is 403 g/mol. The number of hydrogen-bond donors (Lipinski definition) is 1. The Hall–Kier alpha value is -2.30. The molecule has 0 spiro atoms. The number of rotatable bonds is 5. The summed E-state index contributed by atoms with van der Waals surface area (Å²) in [7, 11) is 1.48. The van der Waals surface area contributed by atoms with Gasteiger partial charge in [-0.25, -0.2) is 0 Å². The molecule has 0 saturated heterocycles. The maximum atomic E-state index is 12.9. The number of carbonyl (C=O) groups excluding carboxylic acids is 2. The molecular formula is C16H20F3N5O2S. The minimum atomic E-state index is -4.49. The monoisotopic (exact) mass is 403 g/mol. The van der Waals surface area contributed by atoms with Crippen molar-refractivity contribution in [1.82, 2.24) is 24.8 Å². The summed E-state index contributed by atoms with van der Waals surface area (Å²) >= 11 is 0.952. The van der Waals surface area contributed by atoms with Crippen molar-refractivity contribution in [2.75, 3.05) is 19.3 Å². The maximum absolute atomic E-state index is 12.9. The van der Waals surface area contributed by atoms with E-state index in [1.54, 1.807) is 0 Å². The van der Waals surface area contributed by atoms with Gasteiger partial charge in [0.05, 0.1) is 17.9 Å². The highest BCUT2D eigenvalue weighted by atomic mass is 32.2. The van der Waals surface area contributed by atoms with Crippen molar-refractivity contribution in [1.29, 1.82) is 0 Å². The van der Waals surface area contributed by atoms with Crippen LogP contribution < -0.4 is 5.32 Å². The second-order valence-corrected chi connectivity index (χ2v) is 7.91. The van der Waals surface area contributed by atoms with Crippen LogP contribution in [0.25, 0.3) is 5.65 Å². The molecule has 0 atom stereocenters. The lowest BCUT2D eigenvalue weighted by Gasteiger charge is -2.23. The van der Waals surface area contributed by atoms with E-state index in [0.717, 1.165) is 24.0 Å². The lowest BCUT2D eigenvalue weighted by molar-refractivity contribution is -0.138. The summed E-state index contributed by atoms with van der Waals surface area (Å²) < 4.78 is 39.7. The number of carbonyl (C=O) groups is 2. The van der Waals surface area contributed by atoms with Crippen molar-refractivity contribution in [3.05, 3.63) is 23.9 Å². The molecule has 2 aromatic rings. The molecule has 0 aromatic carbocycles. The molecular weight excluding hydrogens is 383 g/mol. The van der Waals surface area contributed by atoms with Gasteiger partial charge in [0.2, 0.25) is 11.8 Å². The molecule has 148 valence electrons. The number of aromatic nitrogens is 3. The molecule has 0 unspecified atom stereocenters. The summed E-state index contributed by atoms with van der Waals surface area (Å²) in [6, 6.07) is 2.13. The summed E-state index contributed by atoms with van der Waals surface area (Å²) in [6.07, 6.45) is -3.60. The molecule has 2 amide bonds. The van der Waals surface area contributed by atoms with Crippen molar-refractivity contribution in [2.45, 2.75) is 37.6 Å². The number of halogens is 3. The first-order valence-corrected chi connectivity index (χ1v) is 8.95. The topological polar surface area (TPSA) is 79.6 Å². The van der Waals surface area contributed by atoms with Crippen molar-refractivity contribution >= 4 is 29.2 Å². The molecule has 7 nitrogen and oxygen atoms in total. The van der Waals surface area contributed by atoms with E-state index in [1.807, 2.05) is 20.8 Å². The maximum Gasteiger partial charge on any atom is 0.417 e. The zero-order valence-corrected chi connectivity index (χ0v) is 16.1. The van der Waals surface area contributed by atoms with Gasteiger partial charge in [0.1, 0.15) is 0 Å². The van der Waals surface area contributed by atoms with Gasteiger partial charge in [-0.1, -0.05) is 11.8 Å². The predicted octanol–water partition coefficient (Wildman–Crippen LogP) is 2.21. The summed E-state index contributed by atoms with van der Waals surface area (Å²) in [5, 5.41) is 10.5. The highest BCUT2D eigenvalue weighted by Crippen LogP contribution is 2.30. The summed E-state index contributed by atoms with van der Waals surface area (Å²) in [4.78, 5) is 25.3. The Morgan fingerprint density at radius 3 is 2.48 bits per heavy atom. The first-order valence-electron chi connectivity index (χ1n) is 7.96. The number of fused-ring (bicyclic) bond motifs is 1. The number of alkyl halides is 3. The van der Waals surface area contributed by atoms with E-state index in [4.69, 9.17) is 0 Å². The van der Waals surface area contributed by atoms with Crippen molar-refractivity contribution in [3.63, 3.8) is 0 Å². The van der Waals surface area contributed by atoms with Crippen LogP contribution in [-0.4, -0.2) is 56.2 Å². The molecule has 27 heavy (non-hydrogen) atoms. The second-order valence-electron chi connectivity index (χ2n) is 6.96. The van der Waals surface area contributed by atoms with E-state index >= 15 is 0 Å². The molecule has 0 aliphatic heterocycles. The number of amides is 2. The first kappa shape index (κ1) is 21.0. The van der Waals surface area contributed by atoms with Gasteiger partial charge in [0.15, 0.2) is 10.8 Å². The van der Waals surface area contributed by atoms with Gasteiger partial charge >= 0.3 is 6.18 Å². The summed E-state index contributed by atoms with van der Waals surface area (Å²) in [6.45, 7) is 5.37. The Bertz CT molecular complexity index is 845. The molecule has 2 heterocycles. The van der Waals surface area contributed by atoms with Crippen LogP contribution in [-0.2, 0) is 15.8 Å². The van der Waals surface area contributed by atoms with Gasteiger partial charge in [-0.05, 0) is 32.9 Å². The fraction of sp³-hybridized carbons (Fsp3) is 0.500. The van der Waals surface area contributed by atoms with Crippen molar-refractivity contribution < 1.29 is 22.8 Å². The standard InChI is InChI=1S/C16H20F3N5O2S/c1-15(2,3)20-12(25)8-23(4)13(26)9-27-14-22-21-11-6-5-10(7-24(11)14)16(17,18)19/h5-7H,8-9H2,1-4H3,(H,20,25). The van der Waals surface area contributed by atoms with Crippen molar-refractivity contribution in [2.24, 2.45) is 0 Å². The van der Waals surface area contributed by atoms with E-state index in [0.29, 0.717) is 0 Å². The third-order valence-electron chi connectivity index (χ3n) is 3.34. The van der Waals surface area contributed by atoms with Gasteiger partial charge in [0, 0.05) is 18.8 Å². The van der Waals surface area contributed by atoms with Crippen LogP contribution in [0.2, 0.25) is 0 Å². The van der Waals surface area contributed by atoms with Gasteiger partial charge < -0.3 is 10.2 Å². The van der Waals surface area contributed by atoms with Gasteiger partial charge in [-0.2, -0.15) is 13.2 Å². The molecule has 1 N–H and O–H groups in total. The van der Waals surface area contributed by atoms with E-state index < -0.39 is 17.3 Å². The molecule has 0 saturated carbocycles. The predicted molar refractivity (Wildman–Crippen MR) is 94.2 cm³/mol. The fourth-order valence-electron chi connectivity index (χ4n) is 2.13. The minimum Gasteiger partial charge on any atom is -0.350 e. The Kier molecular flexibility index (Phi) is 6.03. The number of nitrogens with one attached hydrogen (secondary N) is 1. The Morgan fingerprint density at radius 1 is 1.22 bits per heavy atom. The quantitative estimate of drug-likeness (QED) is 0.775. The zero-order chi connectivity index (χ0) is 20.4. The molecule has 0 bridgehead atoms. The largest absolute Gasteiger partial charge is 0.417 e. The van der Waals surface area contributed by atoms with Gasteiger partial charge in [-0.15, -0.1) is 10.2 Å². The Labute approximate surface area is 158 Å². The molecule has 11 heteroatoms. The Morgan fingerprint density at radius 2 is 1.89 bits per heavy atom. The van der Waals surface area contributed by atoms with E-state index in [1.165, 1.54) is 22.4 Å². The number of thioether (sulfide) groups is 1. The third-order valence-corrected chi connectivity index (χ3v) is 4.27. The van der Waals surface area contributed by atoms with Crippen molar-refractivity contribution in [3.8, 4) is 0 Å². The van der Waals surface area contributed by atoms with Gasteiger partial charge in [-0.3, -0.25) is 14.0 Å². The summed E-state index contributed by atoms with van der Waals surface area (Å²) in [5.41, 5.74) is -0.999. The van der Waals surface area contributed by atoms with Gasteiger partial charge in [0.25, 0.3) is 0 Å². The molecule has 0 radical (unpaired) electrons. The fourth-order valence-corrected chi connectivity index (χ4v) is 2.99. The van der Waals surface area contributed by atoms with Crippen LogP contribution in [0, 0.1) is 0 Å². The third kappa shape index (κ3) is 5.84. The van der Waals surface area contributed by atoms with E-state index in [9.17, 15) is 22.8 Å². The number of nitrogens with zero attached hydrogens (tertiary/aromatic N) is 4. The van der Waals surface area contributed by atoms with E-state index in [2.05, 4.69) is 15.5 Å². The zero-order valence-electron chi connectivity index (χ0n) is 15.3. The first-order chi connectivity index (χ1) is 12.4. The number of pyridine rings is 1. The summed E-state index contributed by atoms with van der Waals surface area (Å²) in [5.74, 6) is -0.741.